The fourth-order valence-electron chi connectivity index (χ4n) is 2.39. The van der Waals surface area contributed by atoms with E-state index in [0.717, 1.165) is 19.3 Å². The Morgan fingerprint density at radius 2 is 2.23 bits per heavy atom. The van der Waals surface area contributed by atoms with Crippen molar-refractivity contribution in [1.29, 1.82) is 0 Å². The quantitative estimate of drug-likeness (QED) is 0.559. The second-order valence-corrected chi connectivity index (χ2v) is 6.92. The van der Waals surface area contributed by atoms with Gasteiger partial charge in [-0.1, -0.05) is 32.9 Å². The van der Waals surface area contributed by atoms with E-state index >= 15 is 0 Å². The van der Waals surface area contributed by atoms with E-state index in [1.54, 1.807) is 0 Å². The van der Waals surface area contributed by atoms with Gasteiger partial charge in [0.05, 0.1) is 0 Å². The van der Waals surface area contributed by atoms with Crippen LogP contribution in [0.3, 0.4) is 0 Å². The second kappa shape index (κ2) is 8.93. The number of unbranched alkanes of at least 4 members (excludes halogenated alkanes) is 1. The monoisotopic (exact) mass is 310 g/mol. The number of carbonyl (C=O) groups excluding carboxylic acids is 2. The lowest BCUT2D eigenvalue weighted by Gasteiger charge is -2.24. The summed E-state index contributed by atoms with van der Waals surface area (Å²) in [4.78, 5) is 23.8. The highest BCUT2D eigenvalue weighted by molar-refractivity contribution is 5.89. The van der Waals surface area contributed by atoms with Crippen LogP contribution in [0.25, 0.3) is 0 Å². The largest absolute Gasteiger partial charge is 0.372 e. The molecule has 0 spiro atoms. The fourth-order valence-corrected chi connectivity index (χ4v) is 2.39. The summed E-state index contributed by atoms with van der Waals surface area (Å²) < 4.78 is 5.27. The molecule has 1 aliphatic heterocycles. The van der Waals surface area contributed by atoms with E-state index in [1.165, 1.54) is 7.11 Å². The molecule has 1 rings (SSSR count). The third kappa shape index (κ3) is 7.07. The van der Waals surface area contributed by atoms with Crippen LogP contribution in [0.1, 0.15) is 52.9 Å². The zero-order valence-corrected chi connectivity index (χ0v) is 14.3. The van der Waals surface area contributed by atoms with E-state index in [-0.39, 0.29) is 17.2 Å². The molecule has 0 aromatic carbocycles. The SMILES string of the molecule is COC(CCC/C=C/C(C)(C)C)C(=O)NC1CCCNC1=O. The maximum absolute atomic E-state index is 12.2. The van der Waals surface area contributed by atoms with E-state index in [0.29, 0.717) is 19.4 Å². The Bertz CT molecular complexity index is 399. The molecule has 1 heterocycles. The van der Waals surface area contributed by atoms with Gasteiger partial charge in [0.15, 0.2) is 0 Å². The van der Waals surface area contributed by atoms with Crippen LogP contribution < -0.4 is 10.6 Å². The zero-order valence-electron chi connectivity index (χ0n) is 14.3. The van der Waals surface area contributed by atoms with Gasteiger partial charge in [-0.2, -0.15) is 0 Å². The molecule has 1 saturated heterocycles. The van der Waals surface area contributed by atoms with Crippen LogP contribution in [-0.2, 0) is 14.3 Å². The number of allylic oxidation sites excluding steroid dienone is 2. The number of nitrogens with one attached hydrogen (secondary N) is 2. The number of ether oxygens (including phenoxy) is 1. The van der Waals surface area contributed by atoms with E-state index in [9.17, 15) is 9.59 Å². The highest BCUT2D eigenvalue weighted by atomic mass is 16.5. The predicted octanol–water partition coefficient (Wildman–Crippen LogP) is 2.17. The first-order valence-electron chi connectivity index (χ1n) is 8.12. The molecule has 2 amide bonds. The van der Waals surface area contributed by atoms with Crippen LogP contribution in [0.15, 0.2) is 12.2 Å². The summed E-state index contributed by atoms with van der Waals surface area (Å²) in [5.41, 5.74) is 0.187. The molecule has 1 aliphatic rings. The van der Waals surface area contributed by atoms with Crippen molar-refractivity contribution in [1.82, 2.24) is 10.6 Å². The minimum atomic E-state index is -0.488. The van der Waals surface area contributed by atoms with Gasteiger partial charge in [0.1, 0.15) is 12.1 Å². The van der Waals surface area contributed by atoms with Crippen molar-refractivity contribution >= 4 is 11.8 Å². The molecule has 2 N–H and O–H groups in total. The van der Waals surface area contributed by atoms with Crippen molar-refractivity contribution < 1.29 is 14.3 Å². The molecule has 0 aromatic heterocycles. The third-order valence-electron chi connectivity index (χ3n) is 3.63. The minimum absolute atomic E-state index is 0.0948. The Morgan fingerprint density at radius 1 is 1.50 bits per heavy atom. The average molecular weight is 310 g/mol. The summed E-state index contributed by atoms with van der Waals surface area (Å²) >= 11 is 0. The summed E-state index contributed by atoms with van der Waals surface area (Å²) in [7, 11) is 1.54. The third-order valence-corrected chi connectivity index (χ3v) is 3.63. The minimum Gasteiger partial charge on any atom is -0.372 e. The van der Waals surface area contributed by atoms with Crippen LogP contribution in [-0.4, -0.2) is 37.6 Å². The molecule has 5 nitrogen and oxygen atoms in total. The van der Waals surface area contributed by atoms with Gasteiger partial charge in [0.2, 0.25) is 11.8 Å². The number of piperidine rings is 1. The van der Waals surface area contributed by atoms with Crippen molar-refractivity contribution in [3.05, 3.63) is 12.2 Å². The lowest BCUT2D eigenvalue weighted by Crippen LogP contribution is -2.52. The highest BCUT2D eigenvalue weighted by Gasteiger charge is 2.26. The van der Waals surface area contributed by atoms with Crippen LogP contribution in [0.4, 0.5) is 0 Å². The molecule has 0 aromatic rings. The molecule has 126 valence electrons. The second-order valence-electron chi connectivity index (χ2n) is 6.92. The molecule has 2 atom stereocenters. The molecule has 2 unspecified atom stereocenters. The van der Waals surface area contributed by atoms with Gasteiger partial charge in [-0.25, -0.2) is 0 Å². The van der Waals surface area contributed by atoms with Gasteiger partial charge in [-0.15, -0.1) is 0 Å². The molecule has 1 fully saturated rings. The van der Waals surface area contributed by atoms with E-state index in [2.05, 4.69) is 43.6 Å². The first kappa shape index (κ1) is 18.7. The molecule has 0 bridgehead atoms. The molecular weight excluding hydrogens is 280 g/mol. The Labute approximate surface area is 133 Å². The Hall–Kier alpha value is -1.36. The summed E-state index contributed by atoms with van der Waals surface area (Å²) in [6, 6.07) is -0.417. The topological polar surface area (TPSA) is 67.4 Å². The van der Waals surface area contributed by atoms with Gasteiger partial charge in [-0.3, -0.25) is 9.59 Å². The summed E-state index contributed by atoms with van der Waals surface area (Å²) in [6.07, 6.45) is 7.90. The van der Waals surface area contributed by atoms with Crippen LogP contribution in [0.2, 0.25) is 0 Å². The Balaban J connectivity index is 2.35. The number of amides is 2. The van der Waals surface area contributed by atoms with Crippen molar-refractivity contribution in [2.45, 2.75) is 65.0 Å². The molecule has 0 radical (unpaired) electrons. The van der Waals surface area contributed by atoms with E-state index in [1.807, 2.05) is 0 Å². The normalized spacial score (nSPS) is 20.7. The number of methoxy groups -OCH3 is 1. The molecule has 0 aliphatic carbocycles. The van der Waals surface area contributed by atoms with E-state index < -0.39 is 12.1 Å². The van der Waals surface area contributed by atoms with Gasteiger partial charge < -0.3 is 15.4 Å². The van der Waals surface area contributed by atoms with Gasteiger partial charge in [0, 0.05) is 13.7 Å². The standard InChI is InChI=1S/C17H30N2O3/c1-17(2,3)11-7-5-6-10-14(22-4)16(21)19-13-9-8-12-18-15(13)20/h7,11,13-14H,5-6,8-10,12H2,1-4H3,(H,18,20)(H,19,21)/b11-7+. The van der Waals surface area contributed by atoms with Crippen molar-refractivity contribution in [3.63, 3.8) is 0 Å². The van der Waals surface area contributed by atoms with Crippen LogP contribution in [0.5, 0.6) is 0 Å². The molecule has 22 heavy (non-hydrogen) atoms. The first-order chi connectivity index (χ1) is 10.3. The van der Waals surface area contributed by atoms with E-state index in [4.69, 9.17) is 4.74 Å². The number of hydrogen-bond acceptors (Lipinski definition) is 3. The van der Waals surface area contributed by atoms with Crippen molar-refractivity contribution in [3.8, 4) is 0 Å². The smallest absolute Gasteiger partial charge is 0.249 e. The van der Waals surface area contributed by atoms with Crippen molar-refractivity contribution in [2.75, 3.05) is 13.7 Å². The summed E-state index contributed by atoms with van der Waals surface area (Å²) in [5.74, 6) is -0.285. The Morgan fingerprint density at radius 3 is 2.82 bits per heavy atom. The lowest BCUT2D eigenvalue weighted by atomic mass is 9.95. The van der Waals surface area contributed by atoms with Gasteiger partial charge in [-0.05, 0) is 37.5 Å². The predicted molar refractivity (Wildman–Crippen MR) is 87.4 cm³/mol. The van der Waals surface area contributed by atoms with Crippen LogP contribution in [0, 0.1) is 5.41 Å². The zero-order chi connectivity index (χ0) is 16.6. The maximum atomic E-state index is 12.2. The lowest BCUT2D eigenvalue weighted by molar-refractivity contribution is -0.136. The van der Waals surface area contributed by atoms with Gasteiger partial charge in [0.25, 0.3) is 0 Å². The molecular formula is C17H30N2O3. The number of carbonyl (C=O) groups is 2. The van der Waals surface area contributed by atoms with Crippen molar-refractivity contribution in [2.24, 2.45) is 5.41 Å². The molecule has 5 heteroatoms. The number of hydrogen-bond donors (Lipinski definition) is 2. The highest BCUT2D eigenvalue weighted by Crippen LogP contribution is 2.16. The summed E-state index contributed by atoms with van der Waals surface area (Å²) in [5, 5.41) is 5.56. The maximum Gasteiger partial charge on any atom is 0.249 e. The van der Waals surface area contributed by atoms with Gasteiger partial charge >= 0.3 is 0 Å². The molecule has 0 saturated carbocycles. The average Bonchev–Trinajstić information content (AvgIpc) is 2.44. The first-order valence-corrected chi connectivity index (χ1v) is 8.12. The fraction of sp³-hybridized carbons (Fsp3) is 0.765. The number of rotatable bonds is 7. The Kier molecular flexibility index (Phi) is 7.59. The summed E-state index contributed by atoms with van der Waals surface area (Å²) in [6.45, 7) is 7.16. The van der Waals surface area contributed by atoms with Crippen LogP contribution >= 0.6 is 0 Å².